The number of hydrogen-bond acceptors (Lipinski definition) is 8. The molecule has 3 heterocycles. The average molecular weight is 533 g/mol. The van der Waals surface area contributed by atoms with Crippen LogP contribution in [0.2, 0.25) is 0 Å². The Kier molecular flexibility index (Phi) is 7.99. The summed E-state index contributed by atoms with van der Waals surface area (Å²) < 4.78 is 40.1. The van der Waals surface area contributed by atoms with Crippen LogP contribution >= 0.6 is 0 Å². The minimum absolute atomic E-state index is 0.172. The Labute approximate surface area is 223 Å². The van der Waals surface area contributed by atoms with Gasteiger partial charge in [-0.15, -0.1) is 0 Å². The Morgan fingerprint density at radius 1 is 1.13 bits per heavy atom. The number of aromatic nitrogens is 3. The van der Waals surface area contributed by atoms with Crippen molar-refractivity contribution in [2.45, 2.75) is 0 Å². The highest BCUT2D eigenvalue weighted by molar-refractivity contribution is 6.03. The van der Waals surface area contributed by atoms with Crippen LogP contribution in [-0.2, 0) is 9.53 Å². The SMILES string of the molecule is C=CC(=O)Nc1cc2c(Nc3cncc(-c4c(F)cccc4F)c3)ncnc2cc1OCCN1CCOCC1. The Morgan fingerprint density at radius 2 is 1.92 bits per heavy atom. The summed E-state index contributed by atoms with van der Waals surface area (Å²) in [7, 11) is 0. The zero-order valence-corrected chi connectivity index (χ0v) is 21.0. The first-order valence-electron chi connectivity index (χ1n) is 12.3. The number of rotatable bonds is 9. The van der Waals surface area contributed by atoms with Crippen LogP contribution in [0, 0.1) is 11.6 Å². The number of amides is 1. The molecule has 1 aliphatic rings. The third-order valence-electron chi connectivity index (χ3n) is 6.20. The fraction of sp³-hybridized carbons (Fsp3) is 0.214. The lowest BCUT2D eigenvalue weighted by Crippen LogP contribution is -2.38. The largest absolute Gasteiger partial charge is 0.490 e. The lowest BCUT2D eigenvalue weighted by Gasteiger charge is -2.26. The summed E-state index contributed by atoms with van der Waals surface area (Å²) in [5, 5.41) is 6.51. The van der Waals surface area contributed by atoms with Gasteiger partial charge in [-0.3, -0.25) is 14.7 Å². The second-order valence-electron chi connectivity index (χ2n) is 8.77. The van der Waals surface area contributed by atoms with Crippen LogP contribution in [0.15, 0.2) is 67.8 Å². The van der Waals surface area contributed by atoms with E-state index in [-0.39, 0.29) is 11.1 Å². The molecule has 2 aromatic heterocycles. The average Bonchev–Trinajstić information content (AvgIpc) is 2.94. The zero-order chi connectivity index (χ0) is 27.2. The summed E-state index contributed by atoms with van der Waals surface area (Å²) in [6.45, 7) is 7.69. The van der Waals surface area contributed by atoms with Crippen LogP contribution in [0.25, 0.3) is 22.0 Å². The maximum atomic E-state index is 14.3. The number of hydrogen-bond donors (Lipinski definition) is 2. The molecular weight excluding hydrogens is 506 g/mol. The molecule has 0 saturated carbocycles. The van der Waals surface area contributed by atoms with Crippen LogP contribution in [0.4, 0.5) is 26.0 Å². The molecule has 39 heavy (non-hydrogen) atoms. The maximum absolute atomic E-state index is 14.3. The van der Waals surface area contributed by atoms with E-state index in [1.807, 2.05) is 0 Å². The van der Waals surface area contributed by atoms with E-state index in [0.717, 1.165) is 13.1 Å². The van der Waals surface area contributed by atoms with Crippen molar-refractivity contribution in [1.82, 2.24) is 19.9 Å². The number of pyridine rings is 1. The molecule has 2 aromatic carbocycles. The molecule has 4 aromatic rings. The highest BCUT2D eigenvalue weighted by atomic mass is 19.1. The Hall–Kier alpha value is -4.48. The van der Waals surface area contributed by atoms with Gasteiger partial charge in [0.25, 0.3) is 0 Å². The quantitative estimate of drug-likeness (QED) is 0.303. The van der Waals surface area contributed by atoms with Crippen LogP contribution in [-0.4, -0.2) is 65.2 Å². The van der Waals surface area contributed by atoms with Crippen molar-refractivity contribution in [1.29, 1.82) is 0 Å². The van der Waals surface area contributed by atoms with Gasteiger partial charge in [-0.25, -0.2) is 18.7 Å². The van der Waals surface area contributed by atoms with E-state index in [9.17, 15) is 13.6 Å². The van der Waals surface area contributed by atoms with E-state index >= 15 is 0 Å². The first-order chi connectivity index (χ1) is 19.0. The highest BCUT2D eigenvalue weighted by Gasteiger charge is 2.16. The van der Waals surface area contributed by atoms with Crippen LogP contribution in [0.3, 0.4) is 0 Å². The first kappa shape index (κ1) is 26.1. The second kappa shape index (κ2) is 11.9. The minimum atomic E-state index is -0.690. The summed E-state index contributed by atoms with van der Waals surface area (Å²) in [6, 6.07) is 8.69. The molecule has 2 N–H and O–H groups in total. The van der Waals surface area contributed by atoms with Gasteiger partial charge in [0.15, 0.2) is 0 Å². The van der Waals surface area contributed by atoms with Gasteiger partial charge in [0.2, 0.25) is 5.91 Å². The molecule has 0 bridgehead atoms. The number of carbonyl (C=O) groups excluding carboxylic acids is 1. The molecular formula is C28H26F2N6O3. The van der Waals surface area contributed by atoms with Crippen molar-refractivity contribution >= 4 is 34.0 Å². The van der Waals surface area contributed by atoms with Gasteiger partial charge in [-0.05, 0) is 30.3 Å². The van der Waals surface area contributed by atoms with E-state index in [0.29, 0.717) is 60.2 Å². The van der Waals surface area contributed by atoms with Crippen molar-refractivity contribution in [3.63, 3.8) is 0 Å². The van der Waals surface area contributed by atoms with E-state index in [1.54, 1.807) is 18.2 Å². The number of halogens is 2. The molecule has 1 amide bonds. The van der Waals surface area contributed by atoms with Crippen molar-refractivity contribution in [3.8, 4) is 16.9 Å². The van der Waals surface area contributed by atoms with Gasteiger partial charge >= 0.3 is 0 Å². The summed E-state index contributed by atoms with van der Waals surface area (Å²) in [5.41, 5.74) is 1.54. The topological polar surface area (TPSA) is 102 Å². The Balaban J connectivity index is 1.44. The van der Waals surface area contributed by atoms with Gasteiger partial charge in [0, 0.05) is 42.8 Å². The molecule has 1 saturated heterocycles. The first-order valence-corrected chi connectivity index (χ1v) is 12.3. The van der Waals surface area contributed by atoms with Gasteiger partial charge < -0.3 is 20.1 Å². The molecule has 1 fully saturated rings. The van der Waals surface area contributed by atoms with E-state index in [1.165, 1.54) is 43.0 Å². The molecule has 0 spiro atoms. The van der Waals surface area contributed by atoms with Crippen LogP contribution < -0.4 is 15.4 Å². The number of nitrogens with zero attached hydrogens (tertiary/aromatic N) is 4. The molecule has 200 valence electrons. The van der Waals surface area contributed by atoms with Crippen LogP contribution in [0.5, 0.6) is 5.75 Å². The smallest absolute Gasteiger partial charge is 0.247 e. The van der Waals surface area contributed by atoms with E-state index in [4.69, 9.17) is 9.47 Å². The van der Waals surface area contributed by atoms with Crippen molar-refractivity contribution in [2.75, 3.05) is 50.1 Å². The maximum Gasteiger partial charge on any atom is 0.247 e. The number of anilines is 3. The number of fused-ring (bicyclic) bond motifs is 1. The van der Waals surface area contributed by atoms with Crippen molar-refractivity contribution in [2.24, 2.45) is 0 Å². The van der Waals surface area contributed by atoms with Gasteiger partial charge in [-0.1, -0.05) is 12.6 Å². The van der Waals surface area contributed by atoms with E-state index < -0.39 is 17.5 Å². The summed E-state index contributed by atoms with van der Waals surface area (Å²) in [5.74, 6) is -0.922. The zero-order valence-electron chi connectivity index (χ0n) is 21.0. The van der Waals surface area contributed by atoms with Gasteiger partial charge in [0.1, 0.15) is 36.1 Å². The molecule has 1 aliphatic heterocycles. The predicted octanol–water partition coefficient (Wildman–Crippen LogP) is 4.55. The molecule has 11 heteroatoms. The third kappa shape index (κ3) is 6.16. The minimum Gasteiger partial charge on any atom is -0.490 e. The number of morpholine rings is 1. The summed E-state index contributed by atoms with van der Waals surface area (Å²) in [4.78, 5) is 27.3. The van der Waals surface area contributed by atoms with Gasteiger partial charge in [0.05, 0.1) is 41.9 Å². The molecule has 9 nitrogen and oxygen atoms in total. The summed E-state index contributed by atoms with van der Waals surface area (Å²) >= 11 is 0. The Bertz CT molecular complexity index is 1490. The number of carbonyl (C=O) groups is 1. The predicted molar refractivity (Wildman–Crippen MR) is 144 cm³/mol. The van der Waals surface area contributed by atoms with Crippen molar-refractivity contribution in [3.05, 3.63) is 79.4 Å². The Morgan fingerprint density at radius 3 is 2.69 bits per heavy atom. The normalized spacial score (nSPS) is 13.7. The standard InChI is InChI=1S/C28H26F2N6O3/c1-2-26(37)35-24-13-20-23(14-25(24)39-11-8-36-6-9-38-10-7-36)32-17-33-28(20)34-19-12-18(15-31-16-19)27-21(29)4-3-5-22(27)30/h2-5,12-17H,1,6-11H2,(H,35,37)(H,32,33,34). The third-order valence-corrected chi connectivity index (χ3v) is 6.20. The summed E-state index contributed by atoms with van der Waals surface area (Å²) in [6.07, 6.45) is 5.45. The molecule has 0 aliphatic carbocycles. The lowest BCUT2D eigenvalue weighted by atomic mass is 10.1. The molecule has 0 unspecified atom stereocenters. The van der Waals surface area contributed by atoms with E-state index in [2.05, 4.69) is 37.1 Å². The van der Waals surface area contributed by atoms with Crippen LogP contribution in [0.1, 0.15) is 0 Å². The molecule has 0 atom stereocenters. The number of nitrogens with one attached hydrogen (secondary N) is 2. The fourth-order valence-corrected chi connectivity index (χ4v) is 4.25. The number of ether oxygens (including phenoxy) is 2. The number of benzene rings is 2. The fourth-order valence-electron chi connectivity index (χ4n) is 4.25. The molecule has 5 rings (SSSR count). The molecule has 0 radical (unpaired) electrons. The highest BCUT2D eigenvalue weighted by Crippen LogP contribution is 2.34. The second-order valence-corrected chi connectivity index (χ2v) is 8.77. The monoisotopic (exact) mass is 532 g/mol. The van der Waals surface area contributed by atoms with Crippen molar-refractivity contribution < 1.29 is 23.0 Å². The lowest BCUT2D eigenvalue weighted by molar-refractivity contribution is -0.111. The van der Waals surface area contributed by atoms with Gasteiger partial charge in [-0.2, -0.15) is 0 Å².